The Kier molecular flexibility index (Phi) is 8.43. The molecule has 0 aromatic rings. The largest absolute Gasteiger partial charge is 0.497 e. The second-order valence-electron chi connectivity index (χ2n) is 3.10. The Bertz CT molecular complexity index is 293. The molecular weight excluding hydrogens is 224 g/mol. The summed E-state index contributed by atoms with van der Waals surface area (Å²) in [4.78, 5) is 11.4. The van der Waals surface area contributed by atoms with E-state index >= 15 is 0 Å². The second-order valence-corrected chi connectivity index (χ2v) is 4.44. The Morgan fingerprint density at radius 1 is 1.50 bits per heavy atom. The van der Waals surface area contributed by atoms with E-state index in [0.717, 1.165) is 10.7 Å². The molecule has 3 nitrogen and oxygen atoms in total. The maximum Gasteiger partial charge on any atom is 0.303 e. The Balaban J connectivity index is 3.91. The minimum Gasteiger partial charge on any atom is -0.497 e. The van der Waals surface area contributed by atoms with Crippen molar-refractivity contribution in [2.45, 2.75) is 19.8 Å². The highest BCUT2D eigenvalue weighted by atomic mass is 32.2. The summed E-state index contributed by atoms with van der Waals surface area (Å²) >= 11 is 1.64. The molecule has 0 unspecified atom stereocenters. The lowest BCUT2D eigenvalue weighted by atomic mass is 10.3. The fourth-order valence-corrected chi connectivity index (χ4v) is 1.70. The normalized spacial score (nSPS) is 12.4. The summed E-state index contributed by atoms with van der Waals surface area (Å²) in [6, 6.07) is 0. The van der Waals surface area contributed by atoms with Crippen LogP contribution >= 0.6 is 11.8 Å². The molecule has 0 aliphatic rings. The number of methoxy groups -OCH3 is 1. The molecule has 0 bridgehead atoms. The summed E-state index contributed by atoms with van der Waals surface area (Å²) in [7, 11) is 1.59. The quantitative estimate of drug-likeness (QED) is 0.403. The number of hydrogen-bond acceptors (Lipinski definition) is 3. The SMILES string of the molecule is C=C/C(=C\C=C(/C)SCCCC(=O)O)OC. The van der Waals surface area contributed by atoms with Gasteiger partial charge >= 0.3 is 5.97 Å². The summed E-state index contributed by atoms with van der Waals surface area (Å²) in [5, 5.41) is 8.46. The average molecular weight is 242 g/mol. The van der Waals surface area contributed by atoms with E-state index in [1.165, 1.54) is 0 Å². The first-order valence-electron chi connectivity index (χ1n) is 4.99. The zero-order chi connectivity index (χ0) is 12.4. The number of allylic oxidation sites excluding steroid dienone is 4. The molecule has 0 amide bonds. The van der Waals surface area contributed by atoms with Crippen molar-refractivity contribution in [2.24, 2.45) is 0 Å². The molecule has 0 aromatic heterocycles. The maximum absolute atomic E-state index is 10.3. The summed E-state index contributed by atoms with van der Waals surface area (Å²) in [5.74, 6) is 0.791. The van der Waals surface area contributed by atoms with Gasteiger partial charge in [-0.2, -0.15) is 0 Å². The molecule has 16 heavy (non-hydrogen) atoms. The number of rotatable bonds is 8. The van der Waals surface area contributed by atoms with E-state index in [0.29, 0.717) is 12.2 Å². The van der Waals surface area contributed by atoms with Gasteiger partial charge in [-0.05, 0) is 42.2 Å². The van der Waals surface area contributed by atoms with Crippen molar-refractivity contribution in [3.05, 3.63) is 35.5 Å². The van der Waals surface area contributed by atoms with Crippen LogP contribution in [0.15, 0.2) is 35.5 Å². The van der Waals surface area contributed by atoms with Gasteiger partial charge in [0.2, 0.25) is 0 Å². The highest BCUT2D eigenvalue weighted by Crippen LogP contribution is 2.17. The van der Waals surface area contributed by atoms with Crippen molar-refractivity contribution in [1.29, 1.82) is 0 Å². The van der Waals surface area contributed by atoms with E-state index < -0.39 is 5.97 Å². The predicted molar refractivity (Wildman–Crippen MR) is 68.4 cm³/mol. The monoisotopic (exact) mass is 242 g/mol. The number of ether oxygens (including phenoxy) is 1. The third-order valence-electron chi connectivity index (χ3n) is 1.78. The van der Waals surface area contributed by atoms with E-state index in [1.807, 2.05) is 19.1 Å². The number of carbonyl (C=O) groups is 1. The highest BCUT2D eigenvalue weighted by Gasteiger charge is 1.97. The molecule has 0 aromatic carbocycles. The summed E-state index contributed by atoms with van der Waals surface area (Å²) in [5.41, 5.74) is 0. The fraction of sp³-hybridized carbons (Fsp3) is 0.417. The molecule has 0 saturated heterocycles. The van der Waals surface area contributed by atoms with Crippen LogP contribution in [0.3, 0.4) is 0 Å². The lowest BCUT2D eigenvalue weighted by Crippen LogP contribution is -1.94. The lowest BCUT2D eigenvalue weighted by molar-refractivity contribution is -0.137. The molecule has 0 aliphatic carbocycles. The summed E-state index contributed by atoms with van der Waals surface area (Å²) in [6.45, 7) is 5.59. The highest BCUT2D eigenvalue weighted by molar-refractivity contribution is 8.03. The predicted octanol–water partition coefficient (Wildman–Crippen LogP) is 3.20. The Morgan fingerprint density at radius 2 is 2.19 bits per heavy atom. The Hall–Kier alpha value is -1.16. The molecule has 0 rings (SSSR count). The van der Waals surface area contributed by atoms with Crippen molar-refractivity contribution in [3.63, 3.8) is 0 Å². The maximum atomic E-state index is 10.3. The smallest absolute Gasteiger partial charge is 0.303 e. The molecule has 0 radical (unpaired) electrons. The van der Waals surface area contributed by atoms with Gasteiger partial charge in [0, 0.05) is 6.42 Å². The molecule has 0 heterocycles. The van der Waals surface area contributed by atoms with Crippen molar-refractivity contribution < 1.29 is 14.6 Å². The summed E-state index contributed by atoms with van der Waals surface area (Å²) < 4.78 is 5.02. The molecular formula is C12H18O3S. The van der Waals surface area contributed by atoms with Crippen LogP contribution in [0.1, 0.15) is 19.8 Å². The first-order valence-corrected chi connectivity index (χ1v) is 5.98. The number of thioether (sulfide) groups is 1. The average Bonchev–Trinajstić information content (AvgIpc) is 2.25. The van der Waals surface area contributed by atoms with Crippen LogP contribution in [-0.4, -0.2) is 23.9 Å². The Labute approximate surface area is 101 Å². The zero-order valence-electron chi connectivity index (χ0n) is 9.73. The van der Waals surface area contributed by atoms with E-state index in [2.05, 4.69) is 6.58 Å². The van der Waals surface area contributed by atoms with Crippen molar-refractivity contribution >= 4 is 17.7 Å². The summed E-state index contributed by atoms with van der Waals surface area (Å²) in [6.07, 6.45) is 6.33. The van der Waals surface area contributed by atoms with Crippen molar-refractivity contribution in [2.75, 3.05) is 12.9 Å². The van der Waals surface area contributed by atoms with Gasteiger partial charge in [0.05, 0.1) is 7.11 Å². The van der Waals surface area contributed by atoms with Crippen LogP contribution in [0, 0.1) is 0 Å². The standard InChI is InChI=1S/C12H18O3S/c1-4-11(15-3)8-7-10(2)16-9-5-6-12(13)14/h4,7-8H,1,5-6,9H2,2-3H3,(H,13,14)/b10-7+,11-8+. The first kappa shape index (κ1) is 14.8. The lowest BCUT2D eigenvalue weighted by Gasteiger charge is -2.00. The molecule has 0 aliphatic heterocycles. The molecule has 90 valence electrons. The topological polar surface area (TPSA) is 46.5 Å². The van der Waals surface area contributed by atoms with E-state index in [1.54, 1.807) is 24.9 Å². The second kappa shape index (κ2) is 9.09. The minimum atomic E-state index is -0.740. The molecule has 0 atom stereocenters. The number of hydrogen-bond donors (Lipinski definition) is 1. The van der Waals surface area contributed by atoms with Gasteiger partial charge in [0.1, 0.15) is 5.76 Å². The van der Waals surface area contributed by atoms with Gasteiger partial charge in [0.25, 0.3) is 0 Å². The third-order valence-corrected chi connectivity index (χ3v) is 2.87. The van der Waals surface area contributed by atoms with Crippen LogP contribution in [0.25, 0.3) is 0 Å². The molecule has 1 N–H and O–H groups in total. The van der Waals surface area contributed by atoms with Crippen molar-refractivity contribution in [3.8, 4) is 0 Å². The first-order chi connectivity index (χ1) is 7.60. The van der Waals surface area contributed by atoms with Gasteiger partial charge in [-0.15, -0.1) is 11.8 Å². The van der Waals surface area contributed by atoms with Crippen LogP contribution in [-0.2, 0) is 9.53 Å². The van der Waals surface area contributed by atoms with Gasteiger partial charge < -0.3 is 9.84 Å². The zero-order valence-corrected chi connectivity index (χ0v) is 10.5. The molecule has 0 saturated carbocycles. The van der Waals surface area contributed by atoms with Gasteiger partial charge in [-0.1, -0.05) is 6.58 Å². The van der Waals surface area contributed by atoms with Crippen molar-refractivity contribution in [1.82, 2.24) is 0 Å². The van der Waals surface area contributed by atoms with Crippen LogP contribution < -0.4 is 0 Å². The Morgan fingerprint density at radius 3 is 2.69 bits per heavy atom. The number of carboxylic acids is 1. The van der Waals surface area contributed by atoms with Gasteiger partial charge in [-0.3, -0.25) is 4.79 Å². The number of carboxylic acid groups (broad SMARTS) is 1. The van der Waals surface area contributed by atoms with Crippen LogP contribution in [0.5, 0.6) is 0 Å². The van der Waals surface area contributed by atoms with Crippen LogP contribution in [0.4, 0.5) is 0 Å². The molecule has 0 fully saturated rings. The molecule has 0 spiro atoms. The van der Waals surface area contributed by atoms with E-state index in [4.69, 9.17) is 9.84 Å². The van der Waals surface area contributed by atoms with Gasteiger partial charge in [0.15, 0.2) is 0 Å². The van der Waals surface area contributed by atoms with Crippen LogP contribution in [0.2, 0.25) is 0 Å². The van der Waals surface area contributed by atoms with Gasteiger partial charge in [-0.25, -0.2) is 0 Å². The van der Waals surface area contributed by atoms with E-state index in [-0.39, 0.29) is 6.42 Å². The third kappa shape index (κ3) is 8.17. The fourth-order valence-electron chi connectivity index (χ4n) is 0.924. The van der Waals surface area contributed by atoms with E-state index in [9.17, 15) is 4.79 Å². The molecule has 4 heteroatoms. The number of aliphatic carboxylic acids is 1. The minimum absolute atomic E-state index is 0.228.